The summed E-state index contributed by atoms with van der Waals surface area (Å²) < 4.78 is 1.94. The molecular formula is C16H27N5OS. The molecule has 6 nitrogen and oxygen atoms in total. The Balaban J connectivity index is 2.03. The van der Waals surface area contributed by atoms with Crippen LogP contribution >= 0.6 is 12.2 Å². The lowest BCUT2D eigenvalue weighted by atomic mass is 10.0. The molecule has 0 aliphatic carbocycles. The third kappa shape index (κ3) is 4.43. The second-order valence-corrected chi connectivity index (χ2v) is 6.70. The van der Waals surface area contributed by atoms with Crippen LogP contribution in [0.3, 0.4) is 0 Å². The Labute approximate surface area is 143 Å². The lowest BCUT2D eigenvalue weighted by Gasteiger charge is -2.30. The Morgan fingerprint density at radius 1 is 1.48 bits per heavy atom. The van der Waals surface area contributed by atoms with Gasteiger partial charge in [-0.2, -0.15) is 5.10 Å². The van der Waals surface area contributed by atoms with E-state index in [9.17, 15) is 4.79 Å². The van der Waals surface area contributed by atoms with Gasteiger partial charge in [-0.05, 0) is 45.3 Å². The van der Waals surface area contributed by atoms with E-state index in [-0.39, 0.29) is 11.9 Å². The minimum Gasteiger partial charge on any atom is -0.360 e. The molecule has 0 bridgehead atoms. The number of nitrogens with zero attached hydrogens (tertiary/aromatic N) is 2. The summed E-state index contributed by atoms with van der Waals surface area (Å²) in [6, 6.07) is 0.672. The number of anilines is 1. The number of amides is 1. The number of thiocarbonyl (C=S) groups is 1. The highest BCUT2D eigenvalue weighted by molar-refractivity contribution is 7.80. The zero-order valence-corrected chi connectivity index (χ0v) is 15.2. The van der Waals surface area contributed by atoms with Crippen molar-refractivity contribution in [3.05, 3.63) is 11.8 Å². The maximum absolute atomic E-state index is 12.4. The zero-order chi connectivity index (χ0) is 17.0. The third-order valence-corrected chi connectivity index (χ3v) is 4.54. The van der Waals surface area contributed by atoms with E-state index in [1.54, 1.807) is 0 Å². The quantitative estimate of drug-likeness (QED) is 0.696. The Kier molecular flexibility index (Phi) is 5.98. The standard InChI is InChI=1S/C16H27N5OS/c1-5-13(6-2)21-15(10(3)9-17-21)20-14(22)8-12-7-11(4)18-16(23)19-12/h9,11-13H,5-8H2,1-4H3,(H,20,22)(H2,18,19,23)/t11-,12+/m1/s1. The van der Waals surface area contributed by atoms with Crippen LogP contribution in [0.4, 0.5) is 5.82 Å². The molecule has 7 heteroatoms. The molecule has 0 spiro atoms. The molecule has 2 rings (SSSR count). The van der Waals surface area contributed by atoms with Gasteiger partial charge in [0.15, 0.2) is 5.11 Å². The highest BCUT2D eigenvalue weighted by atomic mass is 32.1. The molecule has 2 atom stereocenters. The Morgan fingerprint density at radius 2 is 2.17 bits per heavy atom. The van der Waals surface area contributed by atoms with Crippen LogP contribution < -0.4 is 16.0 Å². The maximum Gasteiger partial charge on any atom is 0.227 e. The smallest absolute Gasteiger partial charge is 0.227 e. The number of carbonyl (C=O) groups is 1. The van der Waals surface area contributed by atoms with Crippen LogP contribution in [0.15, 0.2) is 6.20 Å². The molecule has 1 aromatic rings. The van der Waals surface area contributed by atoms with E-state index in [0.29, 0.717) is 23.6 Å². The van der Waals surface area contributed by atoms with E-state index >= 15 is 0 Å². The van der Waals surface area contributed by atoms with Crippen molar-refractivity contribution in [3.8, 4) is 0 Å². The van der Waals surface area contributed by atoms with Crippen LogP contribution in [0.5, 0.6) is 0 Å². The number of hydrogen-bond donors (Lipinski definition) is 3. The van der Waals surface area contributed by atoms with Crippen molar-refractivity contribution >= 4 is 29.1 Å². The van der Waals surface area contributed by atoms with Gasteiger partial charge in [0.1, 0.15) is 5.82 Å². The second kappa shape index (κ2) is 7.77. The Bertz CT molecular complexity index is 567. The van der Waals surface area contributed by atoms with Crippen LogP contribution in [0.2, 0.25) is 0 Å². The van der Waals surface area contributed by atoms with Gasteiger partial charge in [-0.25, -0.2) is 4.68 Å². The molecule has 1 aliphatic rings. The van der Waals surface area contributed by atoms with Crippen molar-refractivity contribution in [1.29, 1.82) is 0 Å². The summed E-state index contributed by atoms with van der Waals surface area (Å²) in [5.41, 5.74) is 0.993. The summed E-state index contributed by atoms with van der Waals surface area (Å²) in [4.78, 5) is 12.4. The van der Waals surface area contributed by atoms with E-state index < -0.39 is 0 Å². The molecule has 1 aliphatic heterocycles. The van der Waals surface area contributed by atoms with Crippen LogP contribution in [-0.2, 0) is 4.79 Å². The fourth-order valence-corrected chi connectivity index (χ4v) is 3.42. The molecule has 0 aromatic carbocycles. The number of hydrogen-bond acceptors (Lipinski definition) is 3. The fraction of sp³-hybridized carbons (Fsp3) is 0.688. The van der Waals surface area contributed by atoms with Gasteiger partial charge in [0, 0.05) is 24.1 Å². The maximum atomic E-state index is 12.4. The van der Waals surface area contributed by atoms with Crippen molar-refractivity contribution < 1.29 is 4.79 Å². The van der Waals surface area contributed by atoms with Gasteiger partial charge >= 0.3 is 0 Å². The first kappa shape index (κ1) is 17.7. The summed E-state index contributed by atoms with van der Waals surface area (Å²) >= 11 is 5.17. The first-order chi connectivity index (χ1) is 10.9. The molecule has 1 amide bonds. The summed E-state index contributed by atoms with van der Waals surface area (Å²) in [5, 5.41) is 14.4. The van der Waals surface area contributed by atoms with E-state index in [0.717, 1.165) is 30.6 Å². The van der Waals surface area contributed by atoms with Crippen molar-refractivity contribution in [3.63, 3.8) is 0 Å². The van der Waals surface area contributed by atoms with E-state index in [1.807, 2.05) is 17.8 Å². The predicted molar refractivity (Wildman–Crippen MR) is 96.6 cm³/mol. The number of nitrogens with one attached hydrogen (secondary N) is 3. The van der Waals surface area contributed by atoms with Crippen molar-refractivity contribution in [2.75, 3.05) is 5.32 Å². The molecular weight excluding hydrogens is 310 g/mol. The summed E-state index contributed by atoms with van der Waals surface area (Å²) in [5.74, 6) is 0.809. The van der Waals surface area contributed by atoms with Gasteiger partial charge in [0.25, 0.3) is 0 Å². The van der Waals surface area contributed by atoms with Crippen molar-refractivity contribution in [2.24, 2.45) is 0 Å². The molecule has 0 saturated carbocycles. The van der Waals surface area contributed by atoms with Crippen LogP contribution in [0.25, 0.3) is 0 Å². The zero-order valence-electron chi connectivity index (χ0n) is 14.3. The normalized spacial score (nSPS) is 21.0. The molecule has 1 fully saturated rings. The van der Waals surface area contributed by atoms with E-state index in [4.69, 9.17) is 12.2 Å². The van der Waals surface area contributed by atoms with Gasteiger partial charge < -0.3 is 16.0 Å². The minimum absolute atomic E-state index is 0.00444. The predicted octanol–water partition coefficient (Wildman–Crippen LogP) is 2.51. The Morgan fingerprint density at radius 3 is 2.78 bits per heavy atom. The van der Waals surface area contributed by atoms with Crippen LogP contribution in [-0.4, -0.2) is 32.9 Å². The molecule has 128 valence electrons. The molecule has 1 saturated heterocycles. The monoisotopic (exact) mass is 337 g/mol. The summed E-state index contributed by atoms with van der Waals surface area (Å²) in [7, 11) is 0. The van der Waals surface area contributed by atoms with Crippen LogP contribution in [0.1, 0.15) is 58.1 Å². The molecule has 0 unspecified atom stereocenters. The summed E-state index contributed by atoms with van der Waals surface area (Å²) in [6.45, 7) is 8.32. The number of aryl methyl sites for hydroxylation is 1. The van der Waals surface area contributed by atoms with Gasteiger partial charge in [-0.15, -0.1) is 0 Å². The third-order valence-electron chi connectivity index (χ3n) is 4.31. The highest BCUT2D eigenvalue weighted by Gasteiger charge is 2.24. The summed E-state index contributed by atoms with van der Waals surface area (Å²) in [6.07, 6.45) is 5.07. The second-order valence-electron chi connectivity index (χ2n) is 6.29. The Hall–Kier alpha value is -1.63. The van der Waals surface area contributed by atoms with Gasteiger partial charge in [-0.3, -0.25) is 4.79 Å². The minimum atomic E-state index is -0.00444. The average Bonchev–Trinajstić information content (AvgIpc) is 2.81. The lowest BCUT2D eigenvalue weighted by molar-refractivity contribution is -0.116. The van der Waals surface area contributed by atoms with Gasteiger partial charge in [-0.1, -0.05) is 13.8 Å². The lowest BCUT2D eigenvalue weighted by Crippen LogP contribution is -2.54. The van der Waals surface area contributed by atoms with Crippen LogP contribution in [0, 0.1) is 6.92 Å². The van der Waals surface area contributed by atoms with E-state index in [1.165, 1.54) is 0 Å². The number of aromatic nitrogens is 2. The molecule has 0 radical (unpaired) electrons. The number of rotatable bonds is 6. The van der Waals surface area contributed by atoms with Crippen molar-refractivity contribution in [1.82, 2.24) is 20.4 Å². The first-order valence-electron chi connectivity index (χ1n) is 8.35. The SMILES string of the molecule is CCC(CC)n1ncc(C)c1NC(=O)C[C@@H]1C[C@@H](C)NC(=S)N1. The number of carbonyl (C=O) groups excluding carboxylic acids is 1. The van der Waals surface area contributed by atoms with Crippen molar-refractivity contribution in [2.45, 2.75) is 71.5 Å². The average molecular weight is 337 g/mol. The van der Waals surface area contributed by atoms with E-state index in [2.05, 4.69) is 41.8 Å². The topological polar surface area (TPSA) is 71.0 Å². The first-order valence-corrected chi connectivity index (χ1v) is 8.76. The van der Waals surface area contributed by atoms with Gasteiger partial charge in [0.05, 0.1) is 12.2 Å². The fourth-order valence-electron chi connectivity index (χ4n) is 3.05. The molecule has 2 heterocycles. The highest BCUT2D eigenvalue weighted by Crippen LogP contribution is 2.24. The largest absolute Gasteiger partial charge is 0.360 e. The van der Waals surface area contributed by atoms with Gasteiger partial charge in [0.2, 0.25) is 5.91 Å². The molecule has 1 aromatic heterocycles. The molecule has 23 heavy (non-hydrogen) atoms. The molecule has 3 N–H and O–H groups in total.